The van der Waals surface area contributed by atoms with Crippen molar-refractivity contribution in [1.29, 1.82) is 0 Å². The molecule has 23 heavy (non-hydrogen) atoms. The van der Waals surface area contributed by atoms with Crippen molar-refractivity contribution in [2.24, 2.45) is 0 Å². The minimum absolute atomic E-state index is 0.175. The fourth-order valence-corrected chi connectivity index (χ4v) is 2.11. The van der Waals surface area contributed by atoms with Crippen LogP contribution in [0.2, 0.25) is 5.15 Å². The van der Waals surface area contributed by atoms with Crippen LogP contribution in [0.5, 0.6) is 5.75 Å². The van der Waals surface area contributed by atoms with Gasteiger partial charge >= 0.3 is 0 Å². The van der Waals surface area contributed by atoms with Crippen LogP contribution in [0.15, 0.2) is 66.7 Å². The van der Waals surface area contributed by atoms with E-state index in [9.17, 15) is 4.79 Å². The molecule has 0 spiro atoms. The molecule has 6 heteroatoms. The molecule has 1 N–H and O–H groups in total. The highest BCUT2D eigenvalue weighted by molar-refractivity contribution is 6.29. The second-order valence-corrected chi connectivity index (χ2v) is 5.03. The quantitative estimate of drug-likeness (QED) is 0.745. The van der Waals surface area contributed by atoms with Gasteiger partial charge in [-0.15, -0.1) is 10.2 Å². The first-order chi connectivity index (χ1) is 11.2. The molecular weight excluding hydrogens is 314 g/mol. The number of amides is 1. The van der Waals surface area contributed by atoms with E-state index in [0.717, 1.165) is 5.56 Å². The average molecular weight is 326 g/mol. The largest absolute Gasteiger partial charge is 0.377 e. The number of nitrogens with zero attached hydrogens (tertiary/aromatic N) is 2. The number of aromatic nitrogens is 2. The lowest BCUT2D eigenvalue weighted by Gasteiger charge is -2.10. The number of halogens is 1. The van der Waals surface area contributed by atoms with Crippen molar-refractivity contribution in [3.05, 3.63) is 77.4 Å². The molecule has 2 aromatic carbocycles. The summed E-state index contributed by atoms with van der Waals surface area (Å²) in [4.78, 5) is 17.4. The number of carbonyl (C=O) groups is 1. The smallest absolute Gasteiger partial charge is 0.283 e. The van der Waals surface area contributed by atoms with Crippen LogP contribution in [0.1, 0.15) is 10.4 Å². The Bertz CT molecular complexity index is 811. The Morgan fingerprint density at radius 2 is 1.61 bits per heavy atom. The summed E-state index contributed by atoms with van der Waals surface area (Å²) in [6.45, 7) is 0. The Labute approximate surface area is 137 Å². The van der Waals surface area contributed by atoms with Gasteiger partial charge in [0.2, 0.25) is 0 Å². The third-order valence-electron chi connectivity index (χ3n) is 3.07. The van der Waals surface area contributed by atoms with Crippen LogP contribution in [0, 0.1) is 0 Å². The summed E-state index contributed by atoms with van der Waals surface area (Å²) in [6, 6.07) is 19.6. The zero-order chi connectivity index (χ0) is 16.1. The number of hydrogen-bond donors (Lipinski definition) is 1. The van der Waals surface area contributed by atoms with Gasteiger partial charge in [0.15, 0.2) is 10.9 Å². The zero-order valence-electron chi connectivity index (χ0n) is 11.9. The van der Waals surface area contributed by atoms with Gasteiger partial charge in [-0.2, -0.15) is 5.48 Å². The number of nitrogens with one attached hydrogen (secondary N) is 1. The van der Waals surface area contributed by atoms with E-state index >= 15 is 0 Å². The van der Waals surface area contributed by atoms with Crippen molar-refractivity contribution in [3.8, 4) is 17.0 Å². The van der Waals surface area contributed by atoms with E-state index in [4.69, 9.17) is 16.4 Å². The zero-order valence-corrected chi connectivity index (χ0v) is 12.7. The molecule has 1 aromatic heterocycles. The highest BCUT2D eigenvalue weighted by Crippen LogP contribution is 2.28. The van der Waals surface area contributed by atoms with Gasteiger partial charge in [-0.3, -0.25) is 4.79 Å². The van der Waals surface area contributed by atoms with Crippen molar-refractivity contribution in [2.75, 3.05) is 0 Å². The van der Waals surface area contributed by atoms with E-state index < -0.39 is 0 Å². The van der Waals surface area contributed by atoms with Gasteiger partial charge in [-0.25, -0.2) is 0 Å². The van der Waals surface area contributed by atoms with Gasteiger partial charge < -0.3 is 4.84 Å². The number of rotatable bonds is 4. The van der Waals surface area contributed by atoms with Crippen LogP contribution in [0.3, 0.4) is 0 Å². The summed E-state index contributed by atoms with van der Waals surface area (Å²) >= 11 is 5.87. The SMILES string of the molecule is O=C(NOc1cc(Cl)nnc1-c1ccccc1)c1ccccc1. The monoisotopic (exact) mass is 325 g/mol. The normalized spacial score (nSPS) is 10.1. The summed E-state index contributed by atoms with van der Waals surface area (Å²) in [5, 5.41) is 8.04. The maximum absolute atomic E-state index is 12.0. The van der Waals surface area contributed by atoms with Crippen molar-refractivity contribution < 1.29 is 9.63 Å². The van der Waals surface area contributed by atoms with Gasteiger partial charge in [-0.05, 0) is 12.1 Å². The molecule has 3 aromatic rings. The van der Waals surface area contributed by atoms with Crippen molar-refractivity contribution in [1.82, 2.24) is 15.7 Å². The van der Waals surface area contributed by atoms with Crippen LogP contribution < -0.4 is 10.3 Å². The third kappa shape index (κ3) is 3.64. The molecule has 0 atom stereocenters. The lowest BCUT2D eigenvalue weighted by atomic mass is 10.1. The van der Waals surface area contributed by atoms with Crippen LogP contribution >= 0.6 is 11.6 Å². The van der Waals surface area contributed by atoms with Crippen molar-refractivity contribution >= 4 is 17.5 Å². The van der Waals surface area contributed by atoms with E-state index in [-0.39, 0.29) is 11.1 Å². The Morgan fingerprint density at radius 1 is 0.957 bits per heavy atom. The molecule has 0 unspecified atom stereocenters. The molecule has 0 aliphatic rings. The van der Waals surface area contributed by atoms with Crippen LogP contribution in [-0.2, 0) is 0 Å². The molecule has 0 saturated carbocycles. The van der Waals surface area contributed by atoms with Crippen LogP contribution in [-0.4, -0.2) is 16.1 Å². The van der Waals surface area contributed by atoms with E-state index in [1.807, 2.05) is 36.4 Å². The minimum Gasteiger partial charge on any atom is -0.377 e. The minimum atomic E-state index is -0.363. The second kappa shape index (κ2) is 6.89. The lowest BCUT2D eigenvalue weighted by molar-refractivity contribution is 0.0760. The number of hydrogen-bond acceptors (Lipinski definition) is 4. The predicted octanol–water partition coefficient (Wildman–Crippen LogP) is 3.52. The number of carbonyl (C=O) groups excluding carboxylic acids is 1. The average Bonchev–Trinajstić information content (AvgIpc) is 2.61. The molecule has 0 aliphatic heterocycles. The molecule has 0 bridgehead atoms. The first kappa shape index (κ1) is 15.0. The molecule has 1 amide bonds. The molecule has 0 saturated heterocycles. The fraction of sp³-hybridized carbons (Fsp3) is 0. The maximum Gasteiger partial charge on any atom is 0.283 e. The number of hydroxylamine groups is 1. The fourth-order valence-electron chi connectivity index (χ4n) is 1.98. The van der Waals surface area contributed by atoms with Crippen LogP contribution in [0.25, 0.3) is 11.3 Å². The van der Waals surface area contributed by atoms with E-state index in [2.05, 4.69) is 15.7 Å². The molecule has 1 heterocycles. The summed E-state index contributed by atoms with van der Waals surface area (Å²) in [7, 11) is 0. The highest BCUT2D eigenvalue weighted by atomic mass is 35.5. The van der Waals surface area contributed by atoms with E-state index in [1.54, 1.807) is 24.3 Å². The van der Waals surface area contributed by atoms with E-state index in [1.165, 1.54) is 6.07 Å². The lowest BCUT2D eigenvalue weighted by Crippen LogP contribution is -2.27. The van der Waals surface area contributed by atoms with Crippen LogP contribution in [0.4, 0.5) is 0 Å². The summed E-state index contributed by atoms with van der Waals surface area (Å²) in [5.74, 6) is -0.0435. The molecular formula is C17H12ClN3O2. The standard InChI is InChI=1S/C17H12ClN3O2/c18-15-11-14(16(20-19-15)12-7-3-1-4-8-12)23-21-17(22)13-9-5-2-6-10-13/h1-11H,(H,21,22). The van der Waals surface area contributed by atoms with Crippen molar-refractivity contribution in [3.63, 3.8) is 0 Å². The second-order valence-electron chi connectivity index (χ2n) is 4.65. The Balaban J connectivity index is 1.83. The predicted molar refractivity (Wildman–Crippen MR) is 87.0 cm³/mol. The Hall–Kier alpha value is -2.92. The Kier molecular flexibility index (Phi) is 4.49. The van der Waals surface area contributed by atoms with Gasteiger partial charge in [0.05, 0.1) is 0 Å². The topological polar surface area (TPSA) is 64.1 Å². The molecule has 5 nitrogen and oxygen atoms in total. The first-order valence-electron chi connectivity index (χ1n) is 6.85. The highest BCUT2D eigenvalue weighted by Gasteiger charge is 2.13. The molecule has 0 aliphatic carbocycles. The van der Waals surface area contributed by atoms with E-state index in [0.29, 0.717) is 17.0 Å². The summed E-state index contributed by atoms with van der Waals surface area (Å²) in [5.41, 5.74) is 4.17. The first-order valence-corrected chi connectivity index (χ1v) is 7.23. The number of benzene rings is 2. The summed E-state index contributed by atoms with van der Waals surface area (Å²) in [6.07, 6.45) is 0. The molecule has 114 valence electrons. The van der Waals surface area contributed by atoms with Gasteiger partial charge in [0.25, 0.3) is 5.91 Å². The Morgan fingerprint density at radius 3 is 2.30 bits per heavy atom. The third-order valence-corrected chi connectivity index (χ3v) is 3.25. The van der Waals surface area contributed by atoms with Gasteiger partial charge in [0.1, 0.15) is 5.69 Å². The molecule has 0 radical (unpaired) electrons. The van der Waals surface area contributed by atoms with Gasteiger partial charge in [-0.1, -0.05) is 60.1 Å². The van der Waals surface area contributed by atoms with Crippen molar-refractivity contribution in [2.45, 2.75) is 0 Å². The summed E-state index contributed by atoms with van der Waals surface area (Å²) < 4.78 is 0. The maximum atomic E-state index is 12.0. The van der Waals surface area contributed by atoms with Gasteiger partial charge in [0, 0.05) is 17.2 Å². The molecule has 0 fully saturated rings. The molecule has 3 rings (SSSR count).